The number of hydrogen-bond donors (Lipinski definition) is 1. The second-order valence-electron chi connectivity index (χ2n) is 4.59. The van der Waals surface area contributed by atoms with Gasteiger partial charge in [-0.15, -0.1) is 0 Å². The van der Waals surface area contributed by atoms with Crippen LogP contribution in [-0.4, -0.2) is 19.7 Å². The number of halogens is 1. The van der Waals surface area contributed by atoms with Gasteiger partial charge < -0.3 is 10.1 Å². The Kier molecular flexibility index (Phi) is 3.44. The van der Waals surface area contributed by atoms with E-state index in [2.05, 4.69) is 12.2 Å². The van der Waals surface area contributed by atoms with Crippen LogP contribution < -0.4 is 10.1 Å². The zero-order valence-corrected chi connectivity index (χ0v) is 9.79. The largest absolute Gasteiger partial charge is 0.490 e. The molecule has 2 rings (SSSR count). The molecule has 1 aromatic rings. The average Bonchev–Trinajstić information content (AvgIpc) is 2.59. The first-order chi connectivity index (χ1) is 7.69. The fraction of sp³-hybridized carbons (Fsp3) is 0.538. The number of fused-ring (bicyclic) bond motifs is 1. The van der Waals surface area contributed by atoms with Gasteiger partial charge in [0, 0.05) is 12.0 Å². The van der Waals surface area contributed by atoms with Crippen molar-refractivity contribution in [3.05, 3.63) is 29.6 Å². The Morgan fingerprint density at radius 1 is 1.56 bits per heavy atom. The van der Waals surface area contributed by atoms with Gasteiger partial charge in [0.15, 0.2) is 0 Å². The van der Waals surface area contributed by atoms with Gasteiger partial charge in [-0.25, -0.2) is 4.39 Å². The maximum atomic E-state index is 13.0. The molecular weight excluding hydrogens is 205 g/mol. The molecule has 0 radical (unpaired) electrons. The molecule has 0 saturated heterocycles. The maximum Gasteiger partial charge on any atom is 0.123 e. The molecule has 0 aliphatic carbocycles. The monoisotopic (exact) mass is 223 g/mol. The molecule has 2 atom stereocenters. The third-order valence-electron chi connectivity index (χ3n) is 2.98. The second kappa shape index (κ2) is 4.83. The van der Waals surface area contributed by atoms with E-state index in [9.17, 15) is 4.39 Å². The Labute approximate surface area is 95.8 Å². The average molecular weight is 223 g/mol. The molecule has 1 aliphatic rings. The molecular formula is C13H18FNO. The van der Waals surface area contributed by atoms with Gasteiger partial charge in [0.1, 0.15) is 17.7 Å². The summed E-state index contributed by atoms with van der Waals surface area (Å²) in [6.45, 7) is 3.19. The van der Waals surface area contributed by atoms with E-state index in [1.807, 2.05) is 7.05 Å². The van der Waals surface area contributed by atoms with Crippen LogP contribution in [0.1, 0.15) is 18.9 Å². The lowest BCUT2D eigenvalue weighted by molar-refractivity contribution is 0.197. The molecule has 0 bridgehead atoms. The van der Waals surface area contributed by atoms with Crippen LogP contribution in [0.25, 0.3) is 0 Å². The predicted molar refractivity (Wildman–Crippen MR) is 62.2 cm³/mol. The number of benzene rings is 1. The van der Waals surface area contributed by atoms with Gasteiger partial charge in [0.05, 0.1) is 0 Å². The van der Waals surface area contributed by atoms with E-state index in [1.165, 1.54) is 6.07 Å². The Morgan fingerprint density at radius 3 is 3.12 bits per heavy atom. The van der Waals surface area contributed by atoms with Crippen molar-refractivity contribution in [1.82, 2.24) is 5.32 Å². The summed E-state index contributed by atoms with van der Waals surface area (Å²) in [7, 11) is 1.95. The summed E-state index contributed by atoms with van der Waals surface area (Å²) < 4.78 is 18.8. The van der Waals surface area contributed by atoms with Gasteiger partial charge in [-0.1, -0.05) is 6.92 Å². The summed E-state index contributed by atoms with van der Waals surface area (Å²) in [6, 6.07) is 4.77. The quantitative estimate of drug-likeness (QED) is 0.846. The molecule has 88 valence electrons. The first kappa shape index (κ1) is 11.4. The summed E-state index contributed by atoms with van der Waals surface area (Å²) in [5.74, 6) is 1.25. The lowest BCUT2D eigenvalue weighted by atomic mass is 10.00. The van der Waals surface area contributed by atoms with E-state index < -0.39 is 0 Å². The highest BCUT2D eigenvalue weighted by Crippen LogP contribution is 2.31. The van der Waals surface area contributed by atoms with E-state index >= 15 is 0 Å². The molecule has 0 aromatic heterocycles. The van der Waals surface area contributed by atoms with Gasteiger partial charge in [0.25, 0.3) is 0 Å². The van der Waals surface area contributed by atoms with E-state index in [-0.39, 0.29) is 11.9 Å². The summed E-state index contributed by atoms with van der Waals surface area (Å²) >= 11 is 0. The second-order valence-corrected chi connectivity index (χ2v) is 4.59. The molecule has 2 unspecified atom stereocenters. The van der Waals surface area contributed by atoms with Crippen molar-refractivity contribution < 1.29 is 9.13 Å². The van der Waals surface area contributed by atoms with Crippen molar-refractivity contribution in [2.45, 2.75) is 25.9 Å². The molecule has 0 saturated carbocycles. The highest BCUT2D eigenvalue weighted by atomic mass is 19.1. The highest BCUT2D eigenvalue weighted by molar-refractivity contribution is 5.37. The number of nitrogens with one attached hydrogen (secondary N) is 1. The van der Waals surface area contributed by atoms with Gasteiger partial charge in [-0.2, -0.15) is 0 Å². The summed E-state index contributed by atoms with van der Waals surface area (Å²) in [6.07, 6.45) is 2.05. The first-order valence-electron chi connectivity index (χ1n) is 5.78. The van der Waals surface area contributed by atoms with Crippen molar-refractivity contribution in [1.29, 1.82) is 0 Å². The fourth-order valence-corrected chi connectivity index (χ4v) is 2.30. The minimum atomic E-state index is -0.175. The standard InChI is InChI=1S/C13H18FNO/c1-9(8-15-2)5-12-7-10-6-11(14)3-4-13(10)16-12/h3-4,6,9,12,15H,5,7-8H2,1-2H3. The molecule has 0 amide bonds. The normalized spacial score (nSPS) is 20.3. The molecule has 1 aromatic carbocycles. The van der Waals surface area contributed by atoms with Crippen molar-refractivity contribution in [2.75, 3.05) is 13.6 Å². The van der Waals surface area contributed by atoms with Crippen LogP contribution in [0.5, 0.6) is 5.75 Å². The van der Waals surface area contributed by atoms with E-state index in [0.717, 1.165) is 30.7 Å². The molecule has 1 heterocycles. The van der Waals surface area contributed by atoms with Crippen LogP contribution in [0.3, 0.4) is 0 Å². The Hall–Kier alpha value is -1.09. The van der Waals surface area contributed by atoms with Crippen LogP contribution in [-0.2, 0) is 6.42 Å². The molecule has 2 nitrogen and oxygen atoms in total. The molecule has 16 heavy (non-hydrogen) atoms. The summed E-state index contributed by atoms with van der Waals surface area (Å²) in [5.41, 5.74) is 1.00. The smallest absolute Gasteiger partial charge is 0.123 e. The van der Waals surface area contributed by atoms with Crippen LogP contribution in [0, 0.1) is 11.7 Å². The molecule has 0 spiro atoms. The Bertz CT molecular complexity index is 367. The lowest BCUT2D eigenvalue weighted by Gasteiger charge is -2.16. The molecule has 1 N–H and O–H groups in total. The maximum absolute atomic E-state index is 13.0. The van der Waals surface area contributed by atoms with Gasteiger partial charge >= 0.3 is 0 Å². The van der Waals surface area contributed by atoms with Crippen LogP contribution in [0.2, 0.25) is 0 Å². The van der Waals surface area contributed by atoms with Crippen molar-refractivity contribution in [2.24, 2.45) is 5.92 Å². The first-order valence-corrected chi connectivity index (χ1v) is 5.78. The van der Waals surface area contributed by atoms with E-state index in [4.69, 9.17) is 4.74 Å². The minimum absolute atomic E-state index is 0.175. The van der Waals surface area contributed by atoms with Crippen LogP contribution >= 0.6 is 0 Å². The predicted octanol–water partition coefficient (Wildman–Crippen LogP) is 2.37. The molecule has 1 aliphatic heterocycles. The summed E-state index contributed by atoms with van der Waals surface area (Å²) in [4.78, 5) is 0. The van der Waals surface area contributed by atoms with Gasteiger partial charge in [0.2, 0.25) is 0 Å². The van der Waals surface area contributed by atoms with Gasteiger partial charge in [-0.05, 0) is 44.1 Å². The zero-order chi connectivity index (χ0) is 11.5. The van der Waals surface area contributed by atoms with Crippen LogP contribution in [0.15, 0.2) is 18.2 Å². The van der Waals surface area contributed by atoms with E-state index in [0.29, 0.717) is 5.92 Å². The fourth-order valence-electron chi connectivity index (χ4n) is 2.30. The van der Waals surface area contributed by atoms with Crippen molar-refractivity contribution >= 4 is 0 Å². The number of rotatable bonds is 4. The highest BCUT2D eigenvalue weighted by Gasteiger charge is 2.24. The number of hydrogen-bond acceptors (Lipinski definition) is 2. The van der Waals surface area contributed by atoms with Crippen LogP contribution in [0.4, 0.5) is 4.39 Å². The van der Waals surface area contributed by atoms with E-state index in [1.54, 1.807) is 12.1 Å². The molecule has 0 fully saturated rings. The van der Waals surface area contributed by atoms with Crippen molar-refractivity contribution in [3.63, 3.8) is 0 Å². The number of ether oxygens (including phenoxy) is 1. The third-order valence-corrected chi connectivity index (χ3v) is 2.98. The Balaban J connectivity index is 1.95. The summed E-state index contributed by atoms with van der Waals surface area (Å²) in [5, 5.41) is 3.16. The molecule has 3 heteroatoms. The zero-order valence-electron chi connectivity index (χ0n) is 9.79. The van der Waals surface area contributed by atoms with Gasteiger partial charge in [-0.3, -0.25) is 0 Å². The minimum Gasteiger partial charge on any atom is -0.490 e. The Morgan fingerprint density at radius 2 is 2.38 bits per heavy atom. The lowest BCUT2D eigenvalue weighted by Crippen LogP contribution is -2.23. The third kappa shape index (κ3) is 2.53. The van der Waals surface area contributed by atoms with Crippen molar-refractivity contribution in [3.8, 4) is 5.75 Å². The topological polar surface area (TPSA) is 21.3 Å². The SMILES string of the molecule is CNCC(C)CC1Cc2cc(F)ccc2O1.